The Hall–Kier alpha value is -2.84. The minimum Gasteiger partial charge on any atom is -0.383 e. The second-order valence-electron chi connectivity index (χ2n) is 7.26. The Balaban J connectivity index is 2.28. The molecule has 1 unspecified atom stereocenters. The zero-order chi connectivity index (χ0) is 20.8. The number of nitriles is 1. The van der Waals surface area contributed by atoms with Crippen LogP contribution < -0.4 is 0 Å². The molecule has 0 saturated carbocycles. The summed E-state index contributed by atoms with van der Waals surface area (Å²) in [5.41, 5.74) is 5.31. The van der Waals surface area contributed by atoms with Crippen LogP contribution in [0.3, 0.4) is 0 Å². The summed E-state index contributed by atoms with van der Waals surface area (Å²) in [7, 11) is 3.41. The SMILES string of the molecule is COCC(C)n1c(C)cc(/C=C(\C#N)C(=O)N(C)Cc2ccccc2C)c1C. The van der Waals surface area contributed by atoms with Crippen molar-refractivity contribution in [3.8, 4) is 6.07 Å². The first-order valence-electron chi connectivity index (χ1n) is 9.39. The van der Waals surface area contributed by atoms with Crippen LogP contribution in [0.25, 0.3) is 6.08 Å². The van der Waals surface area contributed by atoms with Crippen LogP contribution in [-0.2, 0) is 16.1 Å². The van der Waals surface area contributed by atoms with Gasteiger partial charge in [-0.05, 0) is 56.5 Å². The van der Waals surface area contributed by atoms with E-state index in [2.05, 4.69) is 17.6 Å². The second kappa shape index (κ2) is 9.38. The van der Waals surface area contributed by atoms with E-state index in [1.165, 1.54) is 0 Å². The molecule has 28 heavy (non-hydrogen) atoms. The molecule has 0 bridgehead atoms. The highest BCUT2D eigenvalue weighted by molar-refractivity contribution is 6.01. The molecule has 5 nitrogen and oxygen atoms in total. The van der Waals surface area contributed by atoms with Gasteiger partial charge in [0.15, 0.2) is 0 Å². The lowest BCUT2D eigenvalue weighted by Crippen LogP contribution is -2.27. The molecule has 0 aliphatic rings. The van der Waals surface area contributed by atoms with Gasteiger partial charge in [0.05, 0.1) is 12.6 Å². The van der Waals surface area contributed by atoms with Crippen LogP contribution in [0.5, 0.6) is 0 Å². The summed E-state index contributed by atoms with van der Waals surface area (Å²) in [4.78, 5) is 14.4. The third-order valence-electron chi connectivity index (χ3n) is 5.04. The highest BCUT2D eigenvalue weighted by atomic mass is 16.5. The van der Waals surface area contributed by atoms with Crippen molar-refractivity contribution < 1.29 is 9.53 Å². The molecular formula is C23H29N3O2. The van der Waals surface area contributed by atoms with Crippen LogP contribution >= 0.6 is 0 Å². The first-order valence-corrected chi connectivity index (χ1v) is 9.39. The summed E-state index contributed by atoms with van der Waals surface area (Å²) in [5.74, 6) is -0.277. The number of nitrogens with zero attached hydrogens (tertiary/aromatic N) is 3. The first-order chi connectivity index (χ1) is 13.3. The molecular weight excluding hydrogens is 350 g/mol. The van der Waals surface area contributed by atoms with E-state index >= 15 is 0 Å². The number of likely N-dealkylation sites (N-methyl/N-ethyl adjacent to an activating group) is 1. The van der Waals surface area contributed by atoms with Gasteiger partial charge in [0.1, 0.15) is 11.6 Å². The van der Waals surface area contributed by atoms with Crippen LogP contribution in [0, 0.1) is 32.1 Å². The smallest absolute Gasteiger partial charge is 0.264 e. The van der Waals surface area contributed by atoms with Crippen LogP contribution in [-0.4, -0.2) is 36.1 Å². The number of carbonyl (C=O) groups excluding carboxylic acids is 1. The molecule has 1 amide bonds. The Morgan fingerprint density at radius 3 is 2.61 bits per heavy atom. The Bertz CT molecular complexity index is 918. The number of ether oxygens (including phenoxy) is 1. The molecule has 1 aromatic heterocycles. The minimum absolute atomic E-state index is 0.135. The number of benzene rings is 1. The molecule has 0 spiro atoms. The predicted molar refractivity (Wildman–Crippen MR) is 112 cm³/mol. The standard InChI is InChI=1S/C23H29N3O2/c1-16-9-7-8-10-20(16)14-25(5)23(27)22(13-24)12-21-11-17(2)26(19(21)4)18(3)15-28-6/h7-12,18H,14-15H2,1-6H3/b22-12+. The van der Waals surface area contributed by atoms with Gasteiger partial charge in [-0.1, -0.05) is 24.3 Å². The van der Waals surface area contributed by atoms with Gasteiger partial charge in [-0.15, -0.1) is 0 Å². The van der Waals surface area contributed by atoms with Gasteiger partial charge in [0, 0.05) is 32.1 Å². The Labute approximate surface area is 167 Å². The van der Waals surface area contributed by atoms with Gasteiger partial charge >= 0.3 is 0 Å². The minimum atomic E-state index is -0.277. The van der Waals surface area contributed by atoms with E-state index in [0.717, 1.165) is 28.1 Å². The van der Waals surface area contributed by atoms with E-state index in [9.17, 15) is 10.1 Å². The third kappa shape index (κ3) is 4.71. The summed E-state index contributed by atoms with van der Waals surface area (Å²) >= 11 is 0. The molecule has 2 aromatic rings. The average molecular weight is 380 g/mol. The zero-order valence-electron chi connectivity index (χ0n) is 17.6. The summed E-state index contributed by atoms with van der Waals surface area (Å²) in [6.45, 7) is 9.20. The second-order valence-corrected chi connectivity index (χ2v) is 7.26. The molecule has 1 heterocycles. The highest BCUT2D eigenvalue weighted by Crippen LogP contribution is 2.23. The van der Waals surface area contributed by atoms with E-state index in [1.54, 1.807) is 25.1 Å². The average Bonchev–Trinajstić information content (AvgIpc) is 2.94. The molecule has 1 aromatic carbocycles. The number of rotatable bonds is 7. The molecule has 0 N–H and O–H groups in total. The number of aryl methyl sites for hydroxylation is 2. The molecule has 0 aliphatic carbocycles. The number of carbonyl (C=O) groups is 1. The van der Waals surface area contributed by atoms with Gasteiger partial charge in [-0.2, -0.15) is 5.26 Å². The fourth-order valence-electron chi connectivity index (χ4n) is 3.56. The predicted octanol–water partition coefficient (Wildman–Crippen LogP) is 4.19. The van der Waals surface area contributed by atoms with Crippen molar-refractivity contribution in [1.29, 1.82) is 5.26 Å². The summed E-state index contributed by atoms with van der Waals surface area (Å²) in [6.07, 6.45) is 1.69. The summed E-state index contributed by atoms with van der Waals surface area (Å²) < 4.78 is 7.44. The quantitative estimate of drug-likeness (QED) is 0.535. The molecule has 0 aliphatic heterocycles. The first kappa shape index (κ1) is 21.5. The lowest BCUT2D eigenvalue weighted by Gasteiger charge is -2.18. The number of hydrogen-bond acceptors (Lipinski definition) is 3. The fourth-order valence-corrected chi connectivity index (χ4v) is 3.56. The maximum absolute atomic E-state index is 12.8. The van der Waals surface area contributed by atoms with Crippen LogP contribution in [0.1, 0.15) is 41.0 Å². The van der Waals surface area contributed by atoms with Crippen molar-refractivity contribution in [3.63, 3.8) is 0 Å². The van der Waals surface area contributed by atoms with E-state index in [4.69, 9.17) is 4.74 Å². The Morgan fingerprint density at radius 2 is 2.00 bits per heavy atom. The monoisotopic (exact) mass is 379 g/mol. The van der Waals surface area contributed by atoms with E-state index in [1.807, 2.05) is 51.1 Å². The van der Waals surface area contributed by atoms with Crippen LogP contribution in [0.4, 0.5) is 0 Å². The van der Waals surface area contributed by atoms with Crippen molar-refractivity contribution in [1.82, 2.24) is 9.47 Å². The molecule has 0 saturated heterocycles. The van der Waals surface area contributed by atoms with E-state index < -0.39 is 0 Å². The number of methoxy groups -OCH3 is 1. The maximum atomic E-state index is 12.8. The van der Waals surface area contributed by atoms with Crippen LogP contribution in [0.15, 0.2) is 35.9 Å². The molecule has 1 atom stereocenters. The molecule has 0 radical (unpaired) electrons. The molecule has 0 fully saturated rings. The Kier molecular flexibility index (Phi) is 7.19. The van der Waals surface area contributed by atoms with Gasteiger partial charge in [-0.25, -0.2) is 0 Å². The lowest BCUT2D eigenvalue weighted by atomic mass is 10.1. The summed E-state index contributed by atoms with van der Waals surface area (Å²) in [6, 6.07) is 12.2. The third-order valence-corrected chi connectivity index (χ3v) is 5.04. The van der Waals surface area contributed by atoms with Crippen molar-refractivity contribution in [2.24, 2.45) is 0 Å². The molecule has 2 rings (SSSR count). The highest BCUT2D eigenvalue weighted by Gasteiger charge is 2.18. The van der Waals surface area contributed by atoms with Crippen molar-refractivity contribution >= 4 is 12.0 Å². The van der Waals surface area contributed by atoms with Crippen LogP contribution in [0.2, 0.25) is 0 Å². The normalized spacial score (nSPS) is 12.5. The number of amides is 1. The topological polar surface area (TPSA) is 58.3 Å². The Morgan fingerprint density at radius 1 is 1.32 bits per heavy atom. The molecule has 5 heteroatoms. The van der Waals surface area contributed by atoms with Crippen molar-refractivity contribution in [2.75, 3.05) is 20.8 Å². The summed E-state index contributed by atoms with van der Waals surface area (Å²) in [5, 5.41) is 9.60. The maximum Gasteiger partial charge on any atom is 0.264 e. The van der Waals surface area contributed by atoms with Crippen molar-refractivity contribution in [2.45, 2.75) is 40.3 Å². The van der Waals surface area contributed by atoms with E-state index in [0.29, 0.717) is 13.2 Å². The van der Waals surface area contributed by atoms with Gasteiger partial charge < -0.3 is 14.2 Å². The van der Waals surface area contributed by atoms with Gasteiger partial charge in [0.25, 0.3) is 5.91 Å². The number of aromatic nitrogens is 1. The zero-order valence-corrected chi connectivity index (χ0v) is 17.6. The number of hydrogen-bond donors (Lipinski definition) is 0. The fraction of sp³-hybridized carbons (Fsp3) is 0.391. The van der Waals surface area contributed by atoms with E-state index in [-0.39, 0.29) is 17.5 Å². The largest absolute Gasteiger partial charge is 0.383 e. The lowest BCUT2D eigenvalue weighted by molar-refractivity contribution is -0.125. The van der Waals surface area contributed by atoms with Gasteiger partial charge in [0.2, 0.25) is 0 Å². The van der Waals surface area contributed by atoms with Gasteiger partial charge in [-0.3, -0.25) is 4.79 Å². The molecule has 148 valence electrons. The van der Waals surface area contributed by atoms with Crippen molar-refractivity contribution in [3.05, 3.63) is 64.0 Å².